The molecule has 0 unspecified atom stereocenters. The molecule has 2 aromatic rings. The third kappa shape index (κ3) is 6.80. The van der Waals surface area contributed by atoms with Crippen molar-refractivity contribution < 1.29 is 13.5 Å². The van der Waals surface area contributed by atoms with Gasteiger partial charge in [0.15, 0.2) is 5.96 Å². The number of benzene rings is 2. The number of anilines is 1. The van der Waals surface area contributed by atoms with Crippen molar-refractivity contribution in [1.29, 1.82) is 0 Å². The average molecular weight is 530 g/mol. The third-order valence-corrected chi connectivity index (χ3v) is 4.81. The maximum atomic E-state index is 14.6. The van der Waals surface area contributed by atoms with Crippen molar-refractivity contribution in [3.05, 3.63) is 64.7 Å². The van der Waals surface area contributed by atoms with E-state index in [4.69, 9.17) is 4.74 Å². The fourth-order valence-corrected chi connectivity index (χ4v) is 3.22. The van der Waals surface area contributed by atoms with Gasteiger partial charge < -0.3 is 20.3 Å². The zero-order chi connectivity index (χ0) is 20.6. The lowest BCUT2D eigenvalue weighted by molar-refractivity contribution is 0.122. The van der Waals surface area contributed by atoms with E-state index in [0.29, 0.717) is 63.1 Å². The second-order valence-electron chi connectivity index (χ2n) is 7.02. The number of ether oxygens (including phenoxy) is 1. The van der Waals surface area contributed by atoms with Crippen LogP contribution < -0.4 is 15.5 Å². The van der Waals surface area contributed by atoms with E-state index in [1.54, 1.807) is 25.1 Å². The van der Waals surface area contributed by atoms with Crippen LogP contribution in [0.3, 0.4) is 0 Å². The van der Waals surface area contributed by atoms with Crippen LogP contribution in [0, 0.1) is 18.6 Å². The minimum atomic E-state index is -0.227. The van der Waals surface area contributed by atoms with Gasteiger partial charge in [-0.1, -0.05) is 18.2 Å². The number of morpholine rings is 1. The number of nitrogens with one attached hydrogen (secondary N) is 2. The fourth-order valence-electron chi connectivity index (χ4n) is 3.22. The predicted octanol–water partition coefficient (Wildman–Crippen LogP) is 3.98. The highest BCUT2D eigenvalue weighted by molar-refractivity contribution is 14.0. The molecule has 1 aliphatic rings. The Hall–Kier alpha value is -1.94. The van der Waals surface area contributed by atoms with Gasteiger partial charge in [-0.15, -0.1) is 24.0 Å². The summed E-state index contributed by atoms with van der Waals surface area (Å²) in [6, 6.07) is 10.3. The molecule has 8 heteroatoms. The first-order chi connectivity index (χ1) is 14.1. The van der Waals surface area contributed by atoms with Crippen LogP contribution in [0.5, 0.6) is 0 Å². The van der Waals surface area contributed by atoms with Gasteiger partial charge in [-0.25, -0.2) is 13.8 Å². The molecule has 2 aromatic carbocycles. The Bertz CT molecular complexity index is 857. The van der Waals surface area contributed by atoms with Crippen molar-refractivity contribution in [2.45, 2.75) is 26.9 Å². The van der Waals surface area contributed by atoms with Gasteiger partial charge in [-0.2, -0.15) is 0 Å². The smallest absolute Gasteiger partial charge is 0.191 e. The Balaban J connectivity index is 0.00000320. The molecule has 1 heterocycles. The number of guanidine groups is 1. The first-order valence-corrected chi connectivity index (χ1v) is 9.95. The number of rotatable bonds is 6. The quantitative estimate of drug-likeness (QED) is 0.337. The predicted molar refractivity (Wildman–Crippen MR) is 128 cm³/mol. The van der Waals surface area contributed by atoms with Gasteiger partial charge in [0.05, 0.1) is 25.4 Å². The SMILES string of the molecule is CCNC(=NCc1ccc(F)c(C)c1)NCc1ccc(N2CCOCC2)c(F)c1.I. The number of aryl methyl sites for hydroxylation is 1. The summed E-state index contributed by atoms with van der Waals surface area (Å²) in [7, 11) is 0. The molecule has 2 N–H and O–H groups in total. The summed E-state index contributed by atoms with van der Waals surface area (Å²) in [4.78, 5) is 6.55. The van der Waals surface area contributed by atoms with Crippen LogP contribution in [-0.2, 0) is 17.8 Å². The molecule has 1 saturated heterocycles. The van der Waals surface area contributed by atoms with E-state index in [1.807, 2.05) is 24.0 Å². The minimum Gasteiger partial charge on any atom is -0.378 e. The molecule has 0 spiro atoms. The molecule has 3 rings (SSSR count). The first-order valence-electron chi connectivity index (χ1n) is 9.95. The first kappa shape index (κ1) is 24.3. The Kier molecular flexibility index (Phi) is 9.77. The fraction of sp³-hybridized carbons (Fsp3) is 0.409. The average Bonchev–Trinajstić information content (AvgIpc) is 2.73. The Morgan fingerprint density at radius 1 is 1.03 bits per heavy atom. The number of halogens is 3. The van der Waals surface area contributed by atoms with Crippen molar-refractivity contribution in [2.24, 2.45) is 4.99 Å². The molecular weight excluding hydrogens is 501 g/mol. The van der Waals surface area contributed by atoms with Crippen LogP contribution in [0.15, 0.2) is 41.4 Å². The minimum absolute atomic E-state index is 0. The molecule has 30 heavy (non-hydrogen) atoms. The van der Waals surface area contributed by atoms with E-state index in [1.165, 1.54) is 6.07 Å². The van der Waals surface area contributed by atoms with E-state index >= 15 is 0 Å². The molecule has 1 aliphatic heterocycles. The lowest BCUT2D eigenvalue weighted by Gasteiger charge is -2.29. The summed E-state index contributed by atoms with van der Waals surface area (Å²) in [6.45, 7) is 7.96. The molecule has 0 bridgehead atoms. The summed E-state index contributed by atoms with van der Waals surface area (Å²) in [5.41, 5.74) is 2.99. The topological polar surface area (TPSA) is 48.9 Å². The Morgan fingerprint density at radius 3 is 2.43 bits per heavy atom. The highest BCUT2D eigenvalue weighted by Crippen LogP contribution is 2.21. The summed E-state index contributed by atoms with van der Waals surface area (Å²) < 4.78 is 33.3. The van der Waals surface area contributed by atoms with Crippen molar-refractivity contribution >= 4 is 35.6 Å². The van der Waals surface area contributed by atoms with Gasteiger partial charge in [0.1, 0.15) is 11.6 Å². The highest BCUT2D eigenvalue weighted by atomic mass is 127. The van der Waals surface area contributed by atoms with Crippen LogP contribution in [0.1, 0.15) is 23.6 Å². The maximum absolute atomic E-state index is 14.6. The van der Waals surface area contributed by atoms with Gasteiger partial charge in [-0.3, -0.25) is 0 Å². The maximum Gasteiger partial charge on any atom is 0.191 e. The second kappa shape index (κ2) is 12.0. The summed E-state index contributed by atoms with van der Waals surface area (Å²) in [5.74, 6) is 0.187. The van der Waals surface area contributed by atoms with Crippen molar-refractivity contribution in [1.82, 2.24) is 10.6 Å². The number of hydrogen-bond donors (Lipinski definition) is 2. The van der Waals surface area contributed by atoms with Crippen LogP contribution in [0.2, 0.25) is 0 Å². The van der Waals surface area contributed by atoms with Gasteiger partial charge in [0.25, 0.3) is 0 Å². The molecule has 0 atom stereocenters. The molecule has 0 aliphatic carbocycles. The molecule has 5 nitrogen and oxygen atoms in total. The van der Waals surface area contributed by atoms with E-state index in [-0.39, 0.29) is 35.6 Å². The second-order valence-corrected chi connectivity index (χ2v) is 7.02. The zero-order valence-electron chi connectivity index (χ0n) is 17.4. The molecule has 164 valence electrons. The summed E-state index contributed by atoms with van der Waals surface area (Å²) >= 11 is 0. The van der Waals surface area contributed by atoms with Crippen LogP contribution in [-0.4, -0.2) is 38.8 Å². The van der Waals surface area contributed by atoms with Crippen LogP contribution in [0.25, 0.3) is 0 Å². The van der Waals surface area contributed by atoms with Crippen molar-refractivity contribution in [3.63, 3.8) is 0 Å². The molecule has 0 aromatic heterocycles. The van der Waals surface area contributed by atoms with E-state index in [2.05, 4.69) is 15.6 Å². The molecular formula is C22H29F2IN4O. The molecule has 0 radical (unpaired) electrons. The standard InChI is InChI=1S/C22H28F2N4O.HI/c1-3-25-22(26-14-17-4-6-19(23)16(2)12-17)27-15-18-5-7-21(20(24)13-18)28-8-10-29-11-9-28;/h4-7,12-13H,3,8-11,14-15H2,1-2H3,(H2,25,26,27);1H. The number of nitrogens with zero attached hydrogens (tertiary/aromatic N) is 2. The van der Waals surface area contributed by atoms with E-state index in [9.17, 15) is 8.78 Å². The summed E-state index contributed by atoms with van der Waals surface area (Å²) in [5, 5.41) is 6.40. The van der Waals surface area contributed by atoms with Crippen molar-refractivity contribution in [3.8, 4) is 0 Å². The molecule has 0 amide bonds. The normalized spacial score (nSPS) is 14.3. The lowest BCUT2D eigenvalue weighted by atomic mass is 10.1. The van der Waals surface area contributed by atoms with Gasteiger partial charge >= 0.3 is 0 Å². The third-order valence-electron chi connectivity index (χ3n) is 4.81. The number of hydrogen-bond acceptors (Lipinski definition) is 3. The zero-order valence-corrected chi connectivity index (χ0v) is 19.7. The van der Waals surface area contributed by atoms with E-state index < -0.39 is 0 Å². The van der Waals surface area contributed by atoms with Crippen LogP contribution in [0.4, 0.5) is 14.5 Å². The van der Waals surface area contributed by atoms with Crippen LogP contribution >= 0.6 is 24.0 Å². The van der Waals surface area contributed by atoms with Gasteiger partial charge in [0, 0.05) is 26.2 Å². The largest absolute Gasteiger partial charge is 0.378 e. The van der Waals surface area contributed by atoms with E-state index in [0.717, 1.165) is 11.1 Å². The Morgan fingerprint density at radius 2 is 1.77 bits per heavy atom. The highest BCUT2D eigenvalue weighted by Gasteiger charge is 2.15. The monoisotopic (exact) mass is 530 g/mol. The number of aliphatic imine (C=N–C) groups is 1. The lowest BCUT2D eigenvalue weighted by Crippen LogP contribution is -2.37. The molecule has 1 fully saturated rings. The van der Waals surface area contributed by atoms with Crippen molar-refractivity contribution in [2.75, 3.05) is 37.7 Å². The molecule has 0 saturated carbocycles. The van der Waals surface area contributed by atoms with Gasteiger partial charge in [-0.05, 0) is 48.7 Å². The summed E-state index contributed by atoms with van der Waals surface area (Å²) in [6.07, 6.45) is 0. The Labute approximate surface area is 193 Å². The van der Waals surface area contributed by atoms with Gasteiger partial charge in [0.2, 0.25) is 0 Å².